The summed E-state index contributed by atoms with van der Waals surface area (Å²) in [5.74, 6) is 0.0781. The summed E-state index contributed by atoms with van der Waals surface area (Å²) in [4.78, 5) is 15.6. The standard InChI is InChI=1S/C27H28FN3O/c1-3-30(17-19-7-5-4-6-8-19)27(32)23-14-9-20-15-25-24(18(2)26(20)23)16-29-31(25)22-12-10-21(28)11-13-22/h4-8,10-13,15-16,18,23,29H,3,9,14,17H2,1-2H3/t18-,23-/m0/s1. The van der Waals surface area contributed by atoms with E-state index in [0.717, 1.165) is 29.8 Å². The fourth-order valence-corrected chi connectivity index (χ4v) is 5.22. The van der Waals surface area contributed by atoms with Crippen molar-refractivity contribution in [1.29, 1.82) is 0 Å². The molecule has 2 aromatic carbocycles. The number of allylic oxidation sites excluding steroid dienone is 3. The molecule has 3 aliphatic rings. The van der Waals surface area contributed by atoms with Gasteiger partial charge in [0.05, 0.1) is 17.3 Å². The smallest absolute Gasteiger partial charge is 0.230 e. The second-order valence-corrected chi connectivity index (χ2v) is 8.70. The first-order valence-electron chi connectivity index (χ1n) is 11.4. The van der Waals surface area contributed by atoms with Gasteiger partial charge in [-0.2, -0.15) is 0 Å². The minimum atomic E-state index is -0.245. The van der Waals surface area contributed by atoms with Gasteiger partial charge in [0.25, 0.3) is 0 Å². The maximum atomic E-state index is 13.6. The second-order valence-electron chi connectivity index (χ2n) is 8.70. The van der Waals surface area contributed by atoms with E-state index in [1.165, 1.54) is 28.9 Å². The molecule has 0 spiro atoms. The van der Waals surface area contributed by atoms with Crippen molar-refractivity contribution in [1.82, 2.24) is 10.3 Å². The van der Waals surface area contributed by atoms with E-state index in [2.05, 4.69) is 37.5 Å². The molecule has 2 aromatic rings. The zero-order valence-electron chi connectivity index (χ0n) is 18.5. The average molecular weight is 430 g/mol. The number of hydrogen-bond donors (Lipinski definition) is 1. The van der Waals surface area contributed by atoms with Crippen LogP contribution in [-0.2, 0) is 11.3 Å². The predicted molar refractivity (Wildman–Crippen MR) is 125 cm³/mol. The molecule has 1 aliphatic heterocycles. The number of halogens is 1. The van der Waals surface area contributed by atoms with Crippen LogP contribution < -0.4 is 10.4 Å². The fraction of sp³-hybridized carbons (Fsp3) is 0.296. The molecule has 1 amide bonds. The van der Waals surface area contributed by atoms with E-state index in [1.807, 2.05) is 34.3 Å². The normalized spacial score (nSPS) is 21.5. The Morgan fingerprint density at radius 2 is 1.91 bits per heavy atom. The largest absolute Gasteiger partial charge is 0.338 e. The highest BCUT2D eigenvalue weighted by atomic mass is 19.1. The molecule has 0 bridgehead atoms. The van der Waals surface area contributed by atoms with Gasteiger partial charge in [0, 0.05) is 30.8 Å². The van der Waals surface area contributed by atoms with E-state index in [0.29, 0.717) is 13.1 Å². The summed E-state index contributed by atoms with van der Waals surface area (Å²) in [7, 11) is 0. The minimum Gasteiger partial charge on any atom is -0.338 e. The highest BCUT2D eigenvalue weighted by Gasteiger charge is 2.41. The number of carbonyl (C=O) groups is 1. The highest BCUT2D eigenvalue weighted by Crippen LogP contribution is 2.48. The number of nitrogens with zero attached hydrogens (tertiary/aromatic N) is 2. The van der Waals surface area contributed by atoms with Crippen LogP contribution in [0, 0.1) is 17.7 Å². The summed E-state index contributed by atoms with van der Waals surface area (Å²) in [5.41, 5.74) is 10.2. The number of nitrogens with one attached hydrogen (secondary N) is 1. The molecule has 2 aliphatic carbocycles. The molecule has 164 valence electrons. The topological polar surface area (TPSA) is 35.6 Å². The van der Waals surface area contributed by atoms with E-state index in [4.69, 9.17) is 0 Å². The lowest BCUT2D eigenvalue weighted by Gasteiger charge is -2.31. The van der Waals surface area contributed by atoms with Crippen LogP contribution in [0.1, 0.15) is 32.3 Å². The average Bonchev–Trinajstić information content (AvgIpc) is 3.43. The third-order valence-electron chi connectivity index (χ3n) is 6.87. The van der Waals surface area contributed by atoms with Gasteiger partial charge in [-0.15, -0.1) is 0 Å². The van der Waals surface area contributed by atoms with E-state index in [-0.39, 0.29) is 23.6 Å². The van der Waals surface area contributed by atoms with Crippen molar-refractivity contribution >= 4 is 11.6 Å². The molecule has 4 nitrogen and oxygen atoms in total. The Morgan fingerprint density at radius 3 is 2.62 bits per heavy atom. The van der Waals surface area contributed by atoms with E-state index in [1.54, 1.807) is 12.1 Å². The first-order valence-corrected chi connectivity index (χ1v) is 11.4. The van der Waals surface area contributed by atoms with Crippen LogP contribution in [0.25, 0.3) is 0 Å². The van der Waals surface area contributed by atoms with Crippen molar-refractivity contribution in [2.45, 2.75) is 33.2 Å². The summed E-state index contributed by atoms with van der Waals surface area (Å²) >= 11 is 0. The monoisotopic (exact) mass is 429 g/mol. The number of fused-ring (bicyclic) bond motifs is 1. The highest BCUT2D eigenvalue weighted by molar-refractivity contribution is 5.84. The van der Waals surface area contributed by atoms with Gasteiger partial charge in [-0.1, -0.05) is 37.3 Å². The number of carbonyl (C=O) groups excluding carboxylic acids is 1. The number of amides is 1. The molecule has 1 heterocycles. The van der Waals surface area contributed by atoms with Crippen LogP contribution in [0.4, 0.5) is 10.1 Å². The van der Waals surface area contributed by atoms with Gasteiger partial charge in [-0.05, 0) is 66.8 Å². The Balaban J connectivity index is 1.41. The summed E-state index contributed by atoms with van der Waals surface area (Å²) in [5, 5.41) is 2.00. The predicted octanol–water partition coefficient (Wildman–Crippen LogP) is 5.32. The summed E-state index contributed by atoms with van der Waals surface area (Å²) in [6.45, 7) is 5.60. The van der Waals surface area contributed by atoms with Crippen molar-refractivity contribution in [2.24, 2.45) is 11.8 Å². The SMILES string of the molecule is CCN(Cc1ccccc1)C(=O)[C@H]1CCC2=C1[C@@H](C)C1=CNN(c3ccc(F)cc3)C1=C2. The Labute approximate surface area is 188 Å². The Hall–Kier alpha value is -3.34. The lowest BCUT2D eigenvalue weighted by Crippen LogP contribution is -2.37. The van der Waals surface area contributed by atoms with Crippen LogP contribution in [0.15, 0.2) is 89.3 Å². The van der Waals surface area contributed by atoms with Gasteiger partial charge in [0.15, 0.2) is 0 Å². The minimum absolute atomic E-state index is 0.0674. The van der Waals surface area contributed by atoms with Crippen molar-refractivity contribution < 1.29 is 9.18 Å². The van der Waals surface area contributed by atoms with Crippen molar-refractivity contribution in [3.05, 3.63) is 101 Å². The third-order valence-corrected chi connectivity index (χ3v) is 6.87. The molecule has 2 atom stereocenters. The van der Waals surface area contributed by atoms with Crippen LogP contribution >= 0.6 is 0 Å². The van der Waals surface area contributed by atoms with Gasteiger partial charge >= 0.3 is 0 Å². The lowest BCUT2D eigenvalue weighted by atomic mass is 9.80. The zero-order chi connectivity index (χ0) is 22.2. The molecule has 0 unspecified atom stereocenters. The number of hydrazine groups is 1. The number of rotatable bonds is 5. The van der Waals surface area contributed by atoms with Crippen LogP contribution in [0.2, 0.25) is 0 Å². The third kappa shape index (κ3) is 3.52. The van der Waals surface area contributed by atoms with Crippen molar-refractivity contribution in [3.63, 3.8) is 0 Å². The van der Waals surface area contributed by atoms with E-state index >= 15 is 0 Å². The van der Waals surface area contributed by atoms with Gasteiger partial charge in [0.2, 0.25) is 5.91 Å². The van der Waals surface area contributed by atoms with E-state index in [9.17, 15) is 9.18 Å². The Kier molecular flexibility index (Phi) is 5.33. The quantitative estimate of drug-likeness (QED) is 0.698. The molecule has 0 saturated carbocycles. The number of anilines is 1. The Bertz CT molecular complexity index is 1120. The second kappa shape index (κ2) is 8.30. The molecule has 0 radical (unpaired) electrons. The van der Waals surface area contributed by atoms with Crippen molar-refractivity contribution in [3.8, 4) is 0 Å². The van der Waals surface area contributed by atoms with Crippen molar-refractivity contribution in [2.75, 3.05) is 11.6 Å². The molecular weight excluding hydrogens is 401 g/mol. The number of benzene rings is 2. The first kappa shape index (κ1) is 20.6. The Morgan fingerprint density at radius 1 is 1.16 bits per heavy atom. The lowest BCUT2D eigenvalue weighted by molar-refractivity contribution is -0.134. The zero-order valence-corrected chi connectivity index (χ0v) is 18.5. The molecular formula is C27H28FN3O. The molecule has 0 aromatic heterocycles. The fourth-order valence-electron chi connectivity index (χ4n) is 5.22. The van der Waals surface area contributed by atoms with Gasteiger partial charge in [-0.25, -0.2) is 4.39 Å². The maximum absolute atomic E-state index is 13.6. The first-order chi connectivity index (χ1) is 15.6. The molecule has 1 N–H and O–H groups in total. The summed E-state index contributed by atoms with van der Waals surface area (Å²) in [6, 6.07) is 16.7. The summed E-state index contributed by atoms with van der Waals surface area (Å²) in [6.07, 6.45) is 6.00. The van der Waals surface area contributed by atoms with Gasteiger partial charge in [-0.3, -0.25) is 9.80 Å². The molecule has 32 heavy (non-hydrogen) atoms. The van der Waals surface area contributed by atoms with E-state index < -0.39 is 0 Å². The molecule has 0 fully saturated rings. The maximum Gasteiger partial charge on any atom is 0.230 e. The van der Waals surface area contributed by atoms with Gasteiger partial charge in [0.1, 0.15) is 5.82 Å². The number of hydrogen-bond acceptors (Lipinski definition) is 3. The van der Waals surface area contributed by atoms with Gasteiger partial charge < -0.3 is 10.3 Å². The molecule has 0 saturated heterocycles. The van der Waals surface area contributed by atoms with Crippen LogP contribution in [0.3, 0.4) is 0 Å². The van der Waals surface area contributed by atoms with Crippen LogP contribution in [-0.4, -0.2) is 17.4 Å². The summed E-state index contributed by atoms with van der Waals surface area (Å²) < 4.78 is 13.4. The van der Waals surface area contributed by atoms with Crippen LogP contribution in [0.5, 0.6) is 0 Å². The molecule has 5 heteroatoms. The molecule has 5 rings (SSSR count).